The van der Waals surface area contributed by atoms with Gasteiger partial charge in [-0.1, -0.05) is 311 Å². The third-order valence-corrected chi connectivity index (χ3v) is 14.9. The molecule has 0 aliphatic heterocycles. The molecular formula is C73H128O6. The van der Waals surface area contributed by atoms with E-state index in [2.05, 4.69) is 106 Å². The van der Waals surface area contributed by atoms with Crippen LogP contribution in [0.3, 0.4) is 0 Å². The third-order valence-electron chi connectivity index (χ3n) is 14.9. The first-order chi connectivity index (χ1) is 39.0. The number of unbranched alkanes of at least 4 members (excludes halogenated alkanes) is 37. The molecular weight excluding hydrogens is 973 g/mol. The number of allylic oxidation sites excluding steroid dienone is 14. The topological polar surface area (TPSA) is 78.9 Å². The summed E-state index contributed by atoms with van der Waals surface area (Å²) in [5.41, 5.74) is 0. The highest BCUT2D eigenvalue weighted by atomic mass is 16.6. The van der Waals surface area contributed by atoms with E-state index in [1.165, 1.54) is 199 Å². The molecule has 0 amide bonds. The van der Waals surface area contributed by atoms with Crippen LogP contribution in [0.25, 0.3) is 0 Å². The maximum atomic E-state index is 12.9. The Balaban J connectivity index is 4.27. The molecule has 6 nitrogen and oxygen atoms in total. The highest BCUT2D eigenvalue weighted by Gasteiger charge is 2.19. The summed E-state index contributed by atoms with van der Waals surface area (Å²) in [5, 5.41) is 0. The normalized spacial score (nSPS) is 12.6. The van der Waals surface area contributed by atoms with Gasteiger partial charge in [0.1, 0.15) is 13.2 Å². The second-order valence-corrected chi connectivity index (χ2v) is 22.7. The Hall–Kier alpha value is -3.41. The van der Waals surface area contributed by atoms with E-state index in [0.29, 0.717) is 19.3 Å². The molecule has 0 bridgehead atoms. The first kappa shape index (κ1) is 75.6. The van der Waals surface area contributed by atoms with Gasteiger partial charge in [-0.3, -0.25) is 14.4 Å². The summed E-state index contributed by atoms with van der Waals surface area (Å²) < 4.78 is 17.0. The average Bonchev–Trinajstić information content (AvgIpc) is 3.45. The van der Waals surface area contributed by atoms with Gasteiger partial charge >= 0.3 is 17.9 Å². The number of esters is 3. The van der Waals surface area contributed by atoms with Gasteiger partial charge in [0.15, 0.2) is 6.10 Å². The molecule has 0 aromatic rings. The maximum Gasteiger partial charge on any atom is 0.306 e. The van der Waals surface area contributed by atoms with Crippen LogP contribution in [0.1, 0.15) is 342 Å². The van der Waals surface area contributed by atoms with E-state index < -0.39 is 6.10 Å². The number of ether oxygens (including phenoxy) is 3. The van der Waals surface area contributed by atoms with Crippen LogP contribution in [0.5, 0.6) is 0 Å². The molecule has 0 fully saturated rings. The van der Waals surface area contributed by atoms with Crippen LogP contribution in [-0.2, 0) is 28.6 Å². The Labute approximate surface area is 490 Å². The number of hydrogen-bond donors (Lipinski definition) is 0. The molecule has 0 aromatic heterocycles. The minimum absolute atomic E-state index is 0.0778. The Morgan fingerprint density at radius 3 is 0.797 bits per heavy atom. The van der Waals surface area contributed by atoms with Gasteiger partial charge < -0.3 is 14.2 Å². The van der Waals surface area contributed by atoms with Gasteiger partial charge in [0, 0.05) is 19.3 Å². The van der Waals surface area contributed by atoms with E-state index in [9.17, 15) is 14.4 Å². The second kappa shape index (κ2) is 67.1. The van der Waals surface area contributed by atoms with E-state index >= 15 is 0 Å². The van der Waals surface area contributed by atoms with Gasteiger partial charge in [0.2, 0.25) is 0 Å². The monoisotopic (exact) mass is 1100 g/mol. The van der Waals surface area contributed by atoms with Crippen LogP contribution in [0.15, 0.2) is 85.1 Å². The molecule has 0 saturated heterocycles. The van der Waals surface area contributed by atoms with Crippen molar-refractivity contribution in [3.8, 4) is 0 Å². The van der Waals surface area contributed by atoms with Crippen molar-refractivity contribution in [1.82, 2.24) is 0 Å². The van der Waals surface area contributed by atoms with Gasteiger partial charge in [-0.2, -0.15) is 0 Å². The van der Waals surface area contributed by atoms with Gasteiger partial charge in [-0.05, 0) is 96.3 Å². The van der Waals surface area contributed by atoms with Crippen LogP contribution < -0.4 is 0 Å². The first-order valence-electron chi connectivity index (χ1n) is 34.1. The van der Waals surface area contributed by atoms with Crippen molar-refractivity contribution < 1.29 is 28.6 Å². The Morgan fingerprint density at radius 1 is 0.266 bits per heavy atom. The first-order valence-corrected chi connectivity index (χ1v) is 34.1. The molecule has 1 unspecified atom stereocenters. The van der Waals surface area contributed by atoms with Gasteiger partial charge in [-0.25, -0.2) is 0 Å². The fourth-order valence-electron chi connectivity index (χ4n) is 9.80. The predicted molar refractivity (Wildman–Crippen MR) is 344 cm³/mol. The SMILES string of the molecule is CC/C=C\C/C=C\C/C=C\C/C=C\C/C=C\C/C=C\CCCCCCCCCCCCC(=O)OCC(COC(=O)CCCCCCC/C=C\CCCCCC)OC(=O)CCCCCCCCCCCCCCCCCCCCC. The van der Waals surface area contributed by atoms with Crippen molar-refractivity contribution in [1.29, 1.82) is 0 Å². The summed E-state index contributed by atoms with van der Waals surface area (Å²) in [5.74, 6) is -0.872. The molecule has 0 rings (SSSR count). The average molecular weight is 1100 g/mol. The minimum Gasteiger partial charge on any atom is -0.462 e. The predicted octanol–water partition coefficient (Wildman–Crippen LogP) is 23.4. The van der Waals surface area contributed by atoms with Crippen molar-refractivity contribution in [3.05, 3.63) is 85.1 Å². The number of rotatable bonds is 62. The molecule has 0 aliphatic rings. The van der Waals surface area contributed by atoms with Gasteiger partial charge in [0.05, 0.1) is 0 Å². The lowest BCUT2D eigenvalue weighted by Gasteiger charge is -2.18. The third kappa shape index (κ3) is 65.3. The van der Waals surface area contributed by atoms with Gasteiger partial charge in [0.25, 0.3) is 0 Å². The molecule has 456 valence electrons. The smallest absolute Gasteiger partial charge is 0.306 e. The zero-order valence-corrected chi connectivity index (χ0v) is 52.4. The van der Waals surface area contributed by atoms with E-state index in [0.717, 1.165) is 103 Å². The molecule has 0 aromatic carbocycles. The largest absolute Gasteiger partial charge is 0.462 e. The van der Waals surface area contributed by atoms with Crippen LogP contribution in [-0.4, -0.2) is 37.2 Å². The molecule has 6 heteroatoms. The minimum atomic E-state index is -0.780. The summed E-state index contributed by atoms with van der Waals surface area (Å²) in [4.78, 5) is 38.4. The molecule has 0 heterocycles. The Bertz CT molecular complexity index is 1500. The molecule has 0 spiro atoms. The summed E-state index contributed by atoms with van der Waals surface area (Å²) in [6.07, 6.45) is 88.8. The van der Waals surface area contributed by atoms with Crippen molar-refractivity contribution in [2.24, 2.45) is 0 Å². The maximum absolute atomic E-state index is 12.9. The summed E-state index contributed by atoms with van der Waals surface area (Å²) in [6.45, 7) is 6.55. The van der Waals surface area contributed by atoms with Crippen molar-refractivity contribution in [3.63, 3.8) is 0 Å². The van der Waals surface area contributed by atoms with Crippen LogP contribution in [0.4, 0.5) is 0 Å². The van der Waals surface area contributed by atoms with E-state index in [4.69, 9.17) is 14.2 Å². The lowest BCUT2D eigenvalue weighted by atomic mass is 10.0. The number of carbonyl (C=O) groups excluding carboxylic acids is 3. The fourth-order valence-corrected chi connectivity index (χ4v) is 9.80. The Morgan fingerprint density at radius 2 is 0.494 bits per heavy atom. The van der Waals surface area contributed by atoms with Crippen LogP contribution in [0, 0.1) is 0 Å². The molecule has 1 atom stereocenters. The molecule has 0 saturated carbocycles. The number of carbonyl (C=O) groups is 3. The van der Waals surface area contributed by atoms with Crippen molar-refractivity contribution in [2.45, 2.75) is 348 Å². The lowest BCUT2D eigenvalue weighted by Crippen LogP contribution is -2.30. The highest BCUT2D eigenvalue weighted by Crippen LogP contribution is 2.17. The van der Waals surface area contributed by atoms with Crippen molar-refractivity contribution >= 4 is 17.9 Å². The number of hydrogen-bond acceptors (Lipinski definition) is 6. The van der Waals surface area contributed by atoms with Gasteiger partial charge in [-0.15, -0.1) is 0 Å². The quantitative estimate of drug-likeness (QED) is 0.0261. The summed E-state index contributed by atoms with van der Waals surface area (Å²) in [7, 11) is 0. The van der Waals surface area contributed by atoms with Crippen LogP contribution >= 0.6 is 0 Å². The van der Waals surface area contributed by atoms with E-state index in [-0.39, 0.29) is 31.1 Å². The van der Waals surface area contributed by atoms with E-state index in [1.807, 2.05) is 0 Å². The Kier molecular flexibility index (Phi) is 64.2. The second-order valence-electron chi connectivity index (χ2n) is 22.7. The molecule has 79 heavy (non-hydrogen) atoms. The molecule has 0 N–H and O–H groups in total. The van der Waals surface area contributed by atoms with E-state index in [1.54, 1.807) is 0 Å². The lowest BCUT2D eigenvalue weighted by molar-refractivity contribution is -0.167. The summed E-state index contributed by atoms with van der Waals surface area (Å²) in [6, 6.07) is 0. The highest BCUT2D eigenvalue weighted by molar-refractivity contribution is 5.71. The molecule has 0 radical (unpaired) electrons. The standard InChI is InChI=1S/C73H128O6/c1-4-7-10-13-16-19-22-25-27-29-31-32-33-34-35-36-37-38-39-40-42-43-45-48-51-54-57-60-63-66-72(75)78-69-70(68-77-71(74)65-62-59-56-53-50-47-24-21-18-15-12-9-6-3)79-73(76)67-64-61-58-55-52-49-46-44-41-30-28-26-23-20-17-14-11-8-5-2/h7,10,16,19,21,24-25,27,31-32,34-35,37-38,70H,4-6,8-9,11-15,17-18,20,22-23,26,28-30,33,36,39-69H2,1-3H3/b10-7-,19-16-,24-21-,27-25-,32-31-,35-34-,38-37-. The van der Waals surface area contributed by atoms with Crippen molar-refractivity contribution in [2.75, 3.05) is 13.2 Å². The van der Waals surface area contributed by atoms with Crippen LogP contribution in [0.2, 0.25) is 0 Å². The summed E-state index contributed by atoms with van der Waals surface area (Å²) >= 11 is 0. The zero-order valence-electron chi connectivity index (χ0n) is 52.4. The zero-order chi connectivity index (χ0) is 57.1. The molecule has 0 aliphatic carbocycles. The fraction of sp³-hybridized carbons (Fsp3) is 0.767.